The lowest BCUT2D eigenvalue weighted by Crippen LogP contribution is -2.06. The Bertz CT molecular complexity index is 576. The number of carbonyl (C=O) groups excluding carboxylic acids is 2. The van der Waals surface area contributed by atoms with Crippen molar-refractivity contribution in [2.24, 2.45) is 0 Å². The Hall–Kier alpha value is -2.42. The first-order chi connectivity index (χ1) is 8.70. The van der Waals surface area contributed by atoms with E-state index >= 15 is 0 Å². The maximum Gasteiger partial charge on any atom is 0.221 e. The molecule has 0 heterocycles. The number of hydrogen-bond acceptors (Lipinski definition) is 2. The maximum atomic E-state index is 11.0. The van der Waals surface area contributed by atoms with Gasteiger partial charge in [-0.25, -0.2) is 0 Å². The maximum absolute atomic E-state index is 11.0. The highest BCUT2D eigenvalue weighted by Crippen LogP contribution is 2.25. The number of aldehydes is 1. The molecule has 0 unspecified atom stereocenters. The molecule has 3 heteroatoms. The zero-order valence-electron chi connectivity index (χ0n) is 10.0. The smallest absolute Gasteiger partial charge is 0.221 e. The molecular weight excluding hydrogens is 226 g/mol. The van der Waals surface area contributed by atoms with Crippen LogP contribution in [0.2, 0.25) is 0 Å². The van der Waals surface area contributed by atoms with Crippen molar-refractivity contribution in [3.8, 4) is 11.1 Å². The number of nitrogens with one attached hydrogen (secondary N) is 1. The summed E-state index contributed by atoms with van der Waals surface area (Å²) in [5.41, 5.74) is 3.06. The van der Waals surface area contributed by atoms with E-state index in [2.05, 4.69) is 5.32 Å². The monoisotopic (exact) mass is 239 g/mol. The SMILES string of the molecule is CC(=O)Nc1ccc(C=O)c(-c2ccccc2)c1. The van der Waals surface area contributed by atoms with Crippen molar-refractivity contribution in [3.05, 3.63) is 54.1 Å². The highest BCUT2D eigenvalue weighted by atomic mass is 16.1. The van der Waals surface area contributed by atoms with E-state index in [1.165, 1.54) is 6.92 Å². The van der Waals surface area contributed by atoms with Crippen molar-refractivity contribution in [1.82, 2.24) is 0 Å². The number of hydrogen-bond donors (Lipinski definition) is 1. The first-order valence-electron chi connectivity index (χ1n) is 5.63. The van der Waals surface area contributed by atoms with Crippen molar-refractivity contribution in [2.75, 3.05) is 5.32 Å². The van der Waals surface area contributed by atoms with E-state index in [1.54, 1.807) is 18.2 Å². The lowest BCUT2D eigenvalue weighted by molar-refractivity contribution is -0.114. The van der Waals surface area contributed by atoms with Crippen LogP contribution in [0.1, 0.15) is 17.3 Å². The van der Waals surface area contributed by atoms with Crippen molar-refractivity contribution in [3.63, 3.8) is 0 Å². The summed E-state index contributed by atoms with van der Waals surface area (Å²) in [6, 6.07) is 14.8. The quantitative estimate of drug-likeness (QED) is 0.836. The summed E-state index contributed by atoms with van der Waals surface area (Å²) in [7, 11) is 0. The van der Waals surface area contributed by atoms with Crippen LogP contribution in [0.15, 0.2) is 48.5 Å². The summed E-state index contributed by atoms with van der Waals surface area (Å²) in [4.78, 5) is 22.1. The van der Waals surface area contributed by atoms with Crippen LogP contribution in [-0.4, -0.2) is 12.2 Å². The molecule has 90 valence electrons. The standard InChI is InChI=1S/C15H13NO2/c1-11(18)16-14-8-7-13(10-17)15(9-14)12-5-3-2-4-6-12/h2-10H,1H3,(H,16,18). The number of anilines is 1. The second-order valence-corrected chi connectivity index (χ2v) is 3.97. The number of amides is 1. The second-order valence-electron chi connectivity index (χ2n) is 3.97. The van der Waals surface area contributed by atoms with Gasteiger partial charge in [-0.3, -0.25) is 9.59 Å². The molecule has 1 amide bonds. The van der Waals surface area contributed by atoms with Gasteiger partial charge in [0.1, 0.15) is 0 Å². The fraction of sp³-hybridized carbons (Fsp3) is 0.0667. The molecule has 2 aromatic carbocycles. The summed E-state index contributed by atoms with van der Waals surface area (Å²) < 4.78 is 0. The Labute approximate surface area is 105 Å². The van der Waals surface area contributed by atoms with E-state index < -0.39 is 0 Å². The molecule has 1 N–H and O–H groups in total. The molecule has 2 rings (SSSR count). The van der Waals surface area contributed by atoms with Crippen LogP contribution in [0.3, 0.4) is 0 Å². The van der Waals surface area contributed by atoms with Gasteiger partial charge in [0.15, 0.2) is 6.29 Å². The van der Waals surface area contributed by atoms with Gasteiger partial charge in [-0.1, -0.05) is 30.3 Å². The lowest BCUT2D eigenvalue weighted by Gasteiger charge is -2.08. The highest BCUT2D eigenvalue weighted by molar-refractivity contribution is 5.93. The first-order valence-corrected chi connectivity index (χ1v) is 5.63. The molecule has 0 saturated heterocycles. The molecule has 0 aliphatic heterocycles. The van der Waals surface area contributed by atoms with Gasteiger partial charge in [0, 0.05) is 18.2 Å². The van der Waals surface area contributed by atoms with Crippen LogP contribution in [0.4, 0.5) is 5.69 Å². The zero-order chi connectivity index (χ0) is 13.0. The highest BCUT2D eigenvalue weighted by Gasteiger charge is 2.06. The summed E-state index contributed by atoms with van der Waals surface area (Å²) in [5.74, 6) is -0.132. The summed E-state index contributed by atoms with van der Waals surface area (Å²) in [5, 5.41) is 2.71. The molecule has 0 bridgehead atoms. The van der Waals surface area contributed by atoms with Crippen LogP contribution in [0, 0.1) is 0 Å². The van der Waals surface area contributed by atoms with Gasteiger partial charge in [0.2, 0.25) is 5.91 Å². The molecule has 0 saturated carbocycles. The molecule has 0 aromatic heterocycles. The molecular formula is C15H13NO2. The van der Waals surface area contributed by atoms with Crippen molar-refractivity contribution >= 4 is 17.9 Å². The number of rotatable bonds is 3. The minimum Gasteiger partial charge on any atom is -0.326 e. The third-order valence-corrected chi connectivity index (χ3v) is 2.59. The van der Waals surface area contributed by atoms with Crippen molar-refractivity contribution < 1.29 is 9.59 Å². The fourth-order valence-corrected chi connectivity index (χ4v) is 1.81. The summed E-state index contributed by atoms with van der Waals surface area (Å²) >= 11 is 0. The number of carbonyl (C=O) groups is 2. The fourth-order valence-electron chi connectivity index (χ4n) is 1.81. The molecule has 0 spiro atoms. The van der Waals surface area contributed by atoms with Gasteiger partial charge in [0.25, 0.3) is 0 Å². The summed E-state index contributed by atoms with van der Waals surface area (Å²) in [6.45, 7) is 1.45. The Morgan fingerprint density at radius 2 is 1.83 bits per heavy atom. The van der Waals surface area contributed by atoms with Gasteiger partial charge in [-0.05, 0) is 29.3 Å². The van der Waals surface area contributed by atoms with E-state index in [0.29, 0.717) is 11.3 Å². The van der Waals surface area contributed by atoms with Crippen molar-refractivity contribution in [2.45, 2.75) is 6.92 Å². The van der Waals surface area contributed by atoms with E-state index in [1.807, 2.05) is 30.3 Å². The predicted molar refractivity (Wildman–Crippen MR) is 71.6 cm³/mol. The molecule has 0 aliphatic rings. The van der Waals surface area contributed by atoms with Gasteiger partial charge in [-0.2, -0.15) is 0 Å². The van der Waals surface area contributed by atoms with Crippen LogP contribution in [0.5, 0.6) is 0 Å². The van der Waals surface area contributed by atoms with Gasteiger partial charge in [0.05, 0.1) is 0 Å². The average Bonchev–Trinajstić information content (AvgIpc) is 2.39. The third-order valence-electron chi connectivity index (χ3n) is 2.59. The molecule has 0 radical (unpaired) electrons. The molecule has 18 heavy (non-hydrogen) atoms. The summed E-state index contributed by atoms with van der Waals surface area (Å²) in [6.07, 6.45) is 0.819. The minimum absolute atomic E-state index is 0.132. The Kier molecular flexibility index (Phi) is 3.53. The average molecular weight is 239 g/mol. The van der Waals surface area contributed by atoms with Crippen LogP contribution >= 0.6 is 0 Å². The molecule has 3 nitrogen and oxygen atoms in total. The molecule has 0 fully saturated rings. The van der Waals surface area contributed by atoms with Crippen LogP contribution < -0.4 is 5.32 Å². The Morgan fingerprint density at radius 3 is 2.44 bits per heavy atom. The van der Waals surface area contributed by atoms with Crippen LogP contribution in [0.25, 0.3) is 11.1 Å². The topological polar surface area (TPSA) is 46.2 Å². The normalized spacial score (nSPS) is 9.83. The lowest BCUT2D eigenvalue weighted by atomic mass is 10.00. The van der Waals surface area contributed by atoms with Crippen LogP contribution in [-0.2, 0) is 4.79 Å². The largest absolute Gasteiger partial charge is 0.326 e. The molecule has 0 atom stereocenters. The van der Waals surface area contributed by atoms with E-state index in [-0.39, 0.29) is 5.91 Å². The van der Waals surface area contributed by atoms with Crippen molar-refractivity contribution in [1.29, 1.82) is 0 Å². The third kappa shape index (κ3) is 2.63. The number of benzene rings is 2. The Morgan fingerprint density at radius 1 is 1.11 bits per heavy atom. The first kappa shape index (κ1) is 12.0. The Balaban J connectivity index is 2.49. The zero-order valence-corrected chi connectivity index (χ0v) is 10.0. The predicted octanol–water partition coefficient (Wildman–Crippen LogP) is 3.12. The van der Waals surface area contributed by atoms with E-state index in [0.717, 1.165) is 17.4 Å². The van der Waals surface area contributed by atoms with Gasteiger partial charge >= 0.3 is 0 Å². The van der Waals surface area contributed by atoms with E-state index in [9.17, 15) is 9.59 Å². The van der Waals surface area contributed by atoms with Gasteiger partial charge in [-0.15, -0.1) is 0 Å². The molecule has 0 aliphatic carbocycles. The minimum atomic E-state index is -0.132. The molecule has 2 aromatic rings. The second kappa shape index (κ2) is 5.27. The van der Waals surface area contributed by atoms with E-state index in [4.69, 9.17) is 0 Å². The van der Waals surface area contributed by atoms with Gasteiger partial charge < -0.3 is 5.32 Å².